The Balaban J connectivity index is 2.05. The van der Waals surface area contributed by atoms with Gasteiger partial charge in [-0.05, 0) is 26.0 Å². The third kappa shape index (κ3) is 3.75. The number of rotatable bonds is 5. The van der Waals surface area contributed by atoms with Crippen LogP contribution in [0.2, 0.25) is 0 Å². The van der Waals surface area contributed by atoms with E-state index >= 15 is 0 Å². The maximum absolute atomic E-state index is 12.5. The van der Waals surface area contributed by atoms with Crippen molar-refractivity contribution in [2.24, 2.45) is 0 Å². The lowest BCUT2D eigenvalue weighted by atomic mass is 10.1. The molecule has 0 saturated heterocycles. The van der Waals surface area contributed by atoms with Gasteiger partial charge in [-0.3, -0.25) is 4.79 Å². The molecule has 0 atom stereocenters. The van der Waals surface area contributed by atoms with Gasteiger partial charge in [0.25, 0.3) is 5.91 Å². The number of benzene rings is 2. The fourth-order valence-electron chi connectivity index (χ4n) is 2.33. The lowest BCUT2D eigenvalue weighted by Gasteiger charge is -2.22. The van der Waals surface area contributed by atoms with Crippen LogP contribution in [0, 0.1) is 0 Å². The van der Waals surface area contributed by atoms with Crippen LogP contribution in [0.1, 0.15) is 24.5 Å². The normalized spacial score (nSPS) is 11.3. The van der Waals surface area contributed by atoms with Gasteiger partial charge in [0.05, 0.1) is 17.8 Å². The molecular weight excluding hydrogens is 316 g/mol. The van der Waals surface area contributed by atoms with Crippen LogP contribution in [0.3, 0.4) is 0 Å². The number of aliphatic hydroxyl groups excluding tert-OH is 1. The van der Waals surface area contributed by atoms with Crippen molar-refractivity contribution >= 4 is 5.91 Å². The summed E-state index contributed by atoms with van der Waals surface area (Å²) in [5.74, 6) is 0.217. The summed E-state index contributed by atoms with van der Waals surface area (Å²) in [6, 6.07) is 19.1. The molecule has 25 heavy (non-hydrogen) atoms. The molecule has 1 amide bonds. The van der Waals surface area contributed by atoms with Gasteiger partial charge in [-0.1, -0.05) is 48.5 Å². The van der Waals surface area contributed by atoms with Gasteiger partial charge in [-0.25, -0.2) is 9.67 Å². The van der Waals surface area contributed by atoms with Crippen LogP contribution >= 0.6 is 0 Å². The molecule has 1 aromatic heterocycles. The highest BCUT2D eigenvalue weighted by molar-refractivity contribution is 5.91. The number of aliphatic hydroxyl groups is 1. The number of hydrogen-bond acceptors (Lipinski definition) is 4. The first-order valence-electron chi connectivity index (χ1n) is 8.01. The molecule has 0 bridgehead atoms. The molecule has 128 valence electrons. The topological polar surface area (TPSA) is 80.0 Å². The molecule has 0 aliphatic heterocycles. The van der Waals surface area contributed by atoms with Crippen molar-refractivity contribution in [3.8, 4) is 17.1 Å². The van der Waals surface area contributed by atoms with Gasteiger partial charge in [0, 0.05) is 5.56 Å². The largest absolute Gasteiger partial charge is 0.394 e. The fourth-order valence-corrected chi connectivity index (χ4v) is 2.33. The van der Waals surface area contributed by atoms with Gasteiger partial charge in [-0.15, -0.1) is 5.10 Å². The minimum Gasteiger partial charge on any atom is -0.394 e. The van der Waals surface area contributed by atoms with Gasteiger partial charge in [0.2, 0.25) is 5.82 Å². The molecule has 1 heterocycles. The molecule has 0 unspecified atom stereocenters. The number of amides is 1. The maximum Gasteiger partial charge on any atom is 0.291 e. The first kappa shape index (κ1) is 16.9. The molecule has 3 aromatic rings. The van der Waals surface area contributed by atoms with Crippen LogP contribution in [-0.2, 0) is 0 Å². The number of carbonyl (C=O) groups excluding carboxylic acids is 1. The third-order valence-corrected chi connectivity index (χ3v) is 3.69. The maximum atomic E-state index is 12.5. The highest BCUT2D eigenvalue weighted by Crippen LogP contribution is 2.21. The van der Waals surface area contributed by atoms with Crippen molar-refractivity contribution in [2.75, 3.05) is 6.61 Å². The summed E-state index contributed by atoms with van der Waals surface area (Å²) in [6.07, 6.45) is 0. The Morgan fingerprint density at radius 3 is 2.28 bits per heavy atom. The molecule has 0 spiro atoms. The van der Waals surface area contributed by atoms with Gasteiger partial charge in [-0.2, -0.15) is 0 Å². The van der Waals surface area contributed by atoms with E-state index in [4.69, 9.17) is 0 Å². The number of nitrogens with one attached hydrogen (secondary N) is 1. The number of carbonyl (C=O) groups is 1. The first-order valence-corrected chi connectivity index (χ1v) is 8.01. The summed E-state index contributed by atoms with van der Waals surface area (Å²) in [5, 5.41) is 16.5. The number of para-hydroxylation sites is 1. The van der Waals surface area contributed by atoms with Crippen LogP contribution in [0.4, 0.5) is 0 Å². The zero-order valence-electron chi connectivity index (χ0n) is 14.2. The van der Waals surface area contributed by atoms with Gasteiger partial charge >= 0.3 is 0 Å². The summed E-state index contributed by atoms with van der Waals surface area (Å²) >= 11 is 0. The smallest absolute Gasteiger partial charge is 0.291 e. The van der Waals surface area contributed by atoms with E-state index in [2.05, 4.69) is 15.4 Å². The lowest BCUT2D eigenvalue weighted by molar-refractivity contribution is 0.0859. The van der Waals surface area contributed by atoms with Crippen LogP contribution in [0.15, 0.2) is 60.7 Å². The molecule has 6 nitrogen and oxygen atoms in total. The molecular formula is C19H20N4O2. The number of hydrogen-bond donors (Lipinski definition) is 2. The van der Waals surface area contributed by atoms with Crippen LogP contribution < -0.4 is 5.32 Å². The molecule has 2 aromatic carbocycles. The molecule has 0 saturated carbocycles. The summed E-state index contributed by atoms with van der Waals surface area (Å²) in [4.78, 5) is 16.9. The second-order valence-electron chi connectivity index (χ2n) is 6.37. The highest BCUT2D eigenvalue weighted by atomic mass is 16.3. The van der Waals surface area contributed by atoms with Crippen LogP contribution in [0.5, 0.6) is 0 Å². The predicted molar refractivity (Wildman–Crippen MR) is 95.4 cm³/mol. The minimum absolute atomic E-state index is 0.0595. The van der Waals surface area contributed by atoms with Crippen molar-refractivity contribution in [2.45, 2.75) is 19.4 Å². The highest BCUT2D eigenvalue weighted by Gasteiger charge is 2.24. The average Bonchev–Trinajstić information content (AvgIpc) is 3.08. The molecule has 0 radical (unpaired) electrons. The molecule has 3 rings (SSSR count). The zero-order valence-corrected chi connectivity index (χ0v) is 14.2. The monoisotopic (exact) mass is 336 g/mol. The van der Waals surface area contributed by atoms with E-state index in [1.165, 1.54) is 0 Å². The Morgan fingerprint density at radius 2 is 1.68 bits per heavy atom. The van der Waals surface area contributed by atoms with E-state index < -0.39 is 11.4 Å². The Morgan fingerprint density at radius 1 is 1.08 bits per heavy atom. The second-order valence-corrected chi connectivity index (χ2v) is 6.37. The van der Waals surface area contributed by atoms with Gasteiger partial charge < -0.3 is 10.4 Å². The Labute approximate surface area is 146 Å². The summed E-state index contributed by atoms with van der Waals surface area (Å²) in [5.41, 5.74) is 0.927. The summed E-state index contributed by atoms with van der Waals surface area (Å²) in [7, 11) is 0. The quantitative estimate of drug-likeness (QED) is 0.750. The Bertz CT molecular complexity index is 801. The Hall–Kier alpha value is -2.99. The van der Waals surface area contributed by atoms with Gasteiger partial charge in [0.1, 0.15) is 0 Å². The third-order valence-electron chi connectivity index (χ3n) is 3.69. The van der Waals surface area contributed by atoms with Crippen LogP contribution in [0.25, 0.3) is 17.1 Å². The van der Waals surface area contributed by atoms with Crippen molar-refractivity contribution in [1.29, 1.82) is 0 Å². The first-order chi connectivity index (χ1) is 12.0. The number of nitrogens with zero attached hydrogens (tertiary/aromatic N) is 3. The predicted octanol–water partition coefficient (Wildman–Crippen LogP) is 2.44. The van der Waals surface area contributed by atoms with E-state index in [-0.39, 0.29) is 12.4 Å². The van der Waals surface area contributed by atoms with E-state index in [1.54, 1.807) is 18.5 Å². The summed E-state index contributed by atoms with van der Waals surface area (Å²) < 4.78 is 1.65. The standard InChI is InChI=1S/C19H20N4O2/c1-19(2,13-24)21-18(25)16-20-17(14-9-5-3-6-10-14)23(22-16)15-11-7-4-8-12-15/h3-12,24H,13H2,1-2H3,(H,21,25). The van der Waals surface area contributed by atoms with Crippen molar-refractivity contribution < 1.29 is 9.90 Å². The van der Waals surface area contributed by atoms with E-state index in [0.29, 0.717) is 5.82 Å². The van der Waals surface area contributed by atoms with Crippen molar-refractivity contribution in [3.05, 3.63) is 66.5 Å². The van der Waals surface area contributed by atoms with E-state index in [1.807, 2.05) is 60.7 Å². The van der Waals surface area contributed by atoms with Crippen LogP contribution in [-0.4, -0.2) is 37.9 Å². The molecule has 2 N–H and O–H groups in total. The summed E-state index contributed by atoms with van der Waals surface area (Å²) in [6.45, 7) is 3.29. The van der Waals surface area contributed by atoms with Crippen molar-refractivity contribution in [1.82, 2.24) is 20.1 Å². The Kier molecular flexibility index (Phi) is 4.63. The van der Waals surface area contributed by atoms with E-state index in [9.17, 15) is 9.90 Å². The fraction of sp³-hybridized carbons (Fsp3) is 0.211. The second kappa shape index (κ2) is 6.86. The molecule has 6 heteroatoms. The van der Waals surface area contributed by atoms with E-state index in [0.717, 1.165) is 11.3 Å². The minimum atomic E-state index is -0.748. The van der Waals surface area contributed by atoms with Gasteiger partial charge in [0.15, 0.2) is 5.82 Å². The molecule has 0 aliphatic rings. The zero-order chi connectivity index (χ0) is 17.9. The molecule has 0 aliphatic carbocycles. The average molecular weight is 336 g/mol. The van der Waals surface area contributed by atoms with Crippen molar-refractivity contribution in [3.63, 3.8) is 0 Å². The lowest BCUT2D eigenvalue weighted by Crippen LogP contribution is -2.46. The number of aromatic nitrogens is 3. The molecule has 0 fully saturated rings. The SMILES string of the molecule is CC(C)(CO)NC(=O)c1nc(-c2ccccc2)n(-c2ccccc2)n1.